The van der Waals surface area contributed by atoms with Crippen molar-refractivity contribution in [2.45, 2.75) is 27.1 Å². The van der Waals surface area contributed by atoms with Gasteiger partial charge in [-0.05, 0) is 32.0 Å². The fourth-order valence-electron chi connectivity index (χ4n) is 2.79. The molecule has 0 bridgehead atoms. The molecule has 0 saturated heterocycles. The van der Waals surface area contributed by atoms with E-state index in [0.717, 1.165) is 11.4 Å². The topological polar surface area (TPSA) is 77.8 Å². The standard InChI is InChI=1S/C17H16N4O3/c1-9-6-10(2)21-16(19-9)13(8-18-21)17(22)20-12-4-5-14-15(7-12)24-11(3)23-14/h4-8,11H,1-3H3,(H,20,22). The van der Waals surface area contributed by atoms with Gasteiger partial charge in [0.25, 0.3) is 5.91 Å². The first-order chi connectivity index (χ1) is 11.5. The maximum atomic E-state index is 12.6. The molecular weight excluding hydrogens is 308 g/mol. The van der Waals surface area contributed by atoms with Crippen LogP contribution in [-0.4, -0.2) is 26.8 Å². The molecule has 0 saturated carbocycles. The van der Waals surface area contributed by atoms with Gasteiger partial charge in [0, 0.05) is 30.1 Å². The minimum absolute atomic E-state index is 0.269. The molecule has 0 fully saturated rings. The maximum absolute atomic E-state index is 12.6. The van der Waals surface area contributed by atoms with Gasteiger partial charge in [-0.2, -0.15) is 5.10 Å². The molecule has 1 aliphatic rings. The zero-order chi connectivity index (χ0) is 16.8. The van der Waals surface area contributed by atoms with Gasteiger partial charge in [-0.1, -0.05) is 0 Å². The van der Waals surface area contributed by atoms with Crippen LogP contribution in [0.1, 0.15) is 28.7 Å². The van der Waals surface area contributed by atoms with E-state index in [-0.39, 0.29) is 12.2 Å². The zero-order valence-corrected chi connectivity index (χ0v) is 13.5. The number of benzene rings is 1. The van der Waals surface area contributed by atoms with E-state index in [4.69, 9.17) is 9.47 Å². The summed E-state index contributed by atoms with van der Waals surface area (Å²) in [6.07, 6.45) is 1.21. The molecular formula is C17H16N4O3. The number of anilines is 1. The Balaban J connectivity index is 1.65. The zero-order valence-electron chi connectivity index (χ0n) is 13.5. The lowest BCUT2D eigenvalue weighted by Crippen LogP contribution is -2.12. The Bertz CT molecular complexity index is 964. The predicted octanol–water partition coefficient (Wildman–Crippen LogP) is 2.72. The van der Waals surface area contributed by atoms with Crippen molar-refractivity contribution in [1.29, 1.82) is 0 Å². The molecule has 7 heteroatoms. The Hall–Kier alpha value is -3.09. The summed E-state index contributed by atoms with van der Waals surface area (Å²) in [7, 11) is 0. The summed E-state index contributed by atoms with van der Waals surface area (Å²) < 4.78 is 12.6. The second kappa shape index (κ2) is 5.23. The molecule has 122 valence electrons. The number of nitrogens with one attached hydrogen (secondary N) is 1. The van der Waals surface area contributed by atoms with Gasteiger partial charge in [0.15, 0.2) is 17.1 Å². The van der Waals surface area contributed by atoms with Crippen LogP contribution in [0.15, 0.2) is 30.5 Å². The third-order valence-corrected chi connectivity index (χ3v) is 3.81. The van der Waals surface area contributed by atoms with Gasteiger partial charge < -0.3 is 14.8 Å². The second-order valence-electron chi connectivity index (χ2n) is 5.75. The first kappa shape index (κ1) is 14.5. The molecule has 7 nitrogen and oxygen atoms in total. The van der Waals surface area contributed by atoms with Crippen molar-refractivity contribution < 1.29 is 14.3 Å². The molecule has 1 N–H and O–H groups in total. The summed E-state index contributed by atoms with van der Waals surface area (Å²) in [4.78, 5) is 17.0. The summed E-state index contributed by atoms with van der Waals surface area (Å²) in [6.45, 7) is 5.63. The molecule has 0 radical (unpaired) electrons. The molecule has 3 aromatic rings. The number of carbonyl (C=O) groups excluding carboxylic acids is 1. The average Bonchev–Trinajstić information content (AvgIpc) is 3.09. The van der Waals surface area contributed by atoms with E-state index in [1.807, 2.05) is 26.8 Å². The van der Waals surface area contributed by atoms with Crippen LogP contribution in [0.5, 0.6) is 11.5 Å². The molecule has 1 aromatic carbocycles. The van der Waals surface area contributed by atoms with Crippen molar-refractivity contribution in [2.24, 2.45) is 0 Å². The van der Waals surface area contributed by atoms with E-state index < -0.39 is 0 Å². The van der Waals surface area contributed by atoms with Crippen molar-refractivity contribution in [1.82, 2.24) is 14.6 Å². The normalized spacial score (nSPS) is 15.7. The van der Waals surface area contributed by atoms with Crippen molar-refractivity contribution in [3.8, 4) is 11.5 Å². The Morgan fingerprint density at radius 3 is 2.83 bits per heavy atom. The highest BCUT2D eigenvalue weighted by Crippen LogP contribution is 2.36. The summed E-state index contributed by atoms with van der Waals surface area (Å²) in [6, 6.07) is 7.21. The molecule has 0 aliphatic carbocycles. The van der Waals surface area contributed by atoms with Crippen molar-refractivity contribution >= 4 is 17.2 Å². The molecule has 1 aliphatic heterocycles. The first-order valence-electron chi connectivity index (χ1n) is 7.62. The number of rotatable bonds is 2. The Morgan fingerprint density at radius 1 is 1.21 bits per heavy atom. The number of hydrogen-bond acceptors (Lipinski definition) is 5. The lowest BCUT2D eigenvalue weighted by Gasteiger charge is -2.06. The van der Waals surface area contributed by atoms with Gasteiger partial charge in [0.2, 0.25) is 6.29 Å². The fourth-order valence-corrected chi connectivity index (χ4v) is 2.79. The molecule has 1 unspecified atom stereocenters. The van der Waals surface area contributed by atoms with Gasteiger partial charge in [0.1, 0.15) is 5.56 Å². The van der Waals surface area contributed by atoms with E-state index >= 15 is 0 Å². The SMILES string of the molecule is Cc1cc(C)n2ncc(C(=O)Nc3ccc4c(c3)OC(C)O4)c2n1. The molecule has 4 rings (SSSR count). The lowest BCUT2D eigenvalue weighted by molar-refractivity contribution is 0.0679. The van der Waals surface area contributed by atoms with E-state index in [1.54, 1.807) is 22.7 Å². The Labute approximate surface area is 138 Å². The molecule has 1 atom stereocenters. The van der Waals surface area contributed by atoms with Gasteiger partial charge >= 0.3 is 0 Å². The lowest BCUT2D eigenvalue weighted by atomic mass is 10.2. The summed E-state index contributed by atoms with van der Waals surface area (Å²) >= 11 is 0. The third-order valence-electron chi connectivity index (χ3n) is 3.81. The van der Waals surface area contributed by atoms with E-state index in [1.165, 1.54) is 6.20 Å². The monoisotopic (exact) mass is 324 g/mol. The Morgan fingerprint density at radius 2 is 2.00 bits per heavy atom. The highest BCUT2D eigenvalue weighted by molar-refractivity contribution is 6.08. The molecule has 3 heterocycles. The van der Waals surface area contributed by atoms with Crippen molar-refractivity contribution in [2.75, 3.05) is 5.32 Å². The van der Waals surface area contributed by atoms with Crippen LogP contribution in [0.3, 0.4) is 0 Å². The van der Waals surface area contributed by atoms with Crippen LogP contribution in [0.4, 0.5) is 5.69 Å². The first-order valence-corrected chi connectivity index (χ1v) is 7.62. The number of aromatic nitrogens is 3. The molecule has 0 spiro atoms. The van der Waals surface area contributed by atoms with Gasteiger partial charge in [-0.25, -0.2) is 9.50 Å². The highest BCUT2D eigenvalue weighted by Gasteiger charge is 2.21. The number of amides is 1. The highest BCUT2D eigenvalue weighted by atomic mass is 16.7. The van der Waals surface area contributed by atoms with Crippen LogP contribution in [0, 0.1) is 13.8 Å². The number of hydrogen-bond donors (Lipinski definition) is 1. The van der Waals surface area contributed by atoms with E-state index in [9.17, 15) is 4.79 Å². The number of nitrogens with zero attached hydrogens (tertiary/aromatic N) is 3. The molecule has 24 heavy (non-hydrogen) atoms. The average molecular weight is 324 g/mol. The van der Waals surface area contributed by atoms with Crippen LogP contribution in [-0.2, 0) is 0 Å². The molecule has 2 aromatic heterocycles. The maximum Gasteiger partial charge on any atom is 0.261 e. The van der Waals surface area contributed by atoms with Gasteiger partial charge in [0.05, 0.1) is 6.20 Å². The van der Waals surface area contributed by atoms with E-state index in [2.05, 4.69) is 15.4 Å². The van der Waals surface area contributed by atoms with Crippen LogP contribution in [0.25, 0.3) is 5.65 Å². The number of ether oxygens (including phenoxy) is 2. The minimum Gasteiger partial charge on any atom is -0.451 e. The number of aryl methyl sites for hydroxylation is 2. The quantitative estimate of drug-likeness (QED) is 0.784. The summed E-state index contributed by atoms with van der Waals surface area (Å²) in [5.41, 5.74) is 3.35. The second-order valence-corrected chi connectivity index (χ2v) is 5.75. The van der Waals surface area contributed by atoms with Crippen molar-refractivity contribution in [3.63, 3.8) is 0 Å². The predicted molar refractivity (Wildman–Crippen MR) is 87.6 cm³/mol. The number of fused-ring (bicyclic) bond motifs is 2. The van der Waals surface area contributed by atoms with E-state index in [0.29, 0.717) is 28.4 Å². The van der Waals surface area contributed by atoms with Gasteiger partial charge in [-0.15, -0.1) is 0 Å². The van der Waals surface area contributed by atoms with Gasteiger partial charge in [-0.3, -0.25) is 4.79 Å². The fraction of sp³-hybridized carbons (Fsp3) is 0.235. The number of carbonyl (C=O) groups is 1. The minimum atomic E-state index is -0.319. The van der Waals surface area contributed by atoms with Crippen LogP contribution in [0.2, 0.25) is 0 Å². The molecule has 1 amide bonds. The van der Waals surface area contributed by atoms with Crippen LogP contribution < -0.4 is 14.8 Å². The Kier molecular flexibility index (Phi) is 3.16. The summed E-state index contributed by atoms with van der Waals surface area (Å²) in [5, 5.41) is 7.09. The third kappa shape index (κ3) is 2.34. The van der Waals surface area contributed by atoms with Crippen molar-refractivity contribution in [3.05, 3.63) is 47.4 Å². The smallest absolute Gasteiger partial charge is 0.261 e. The largest absolute Gasteiger partial charge is 0.451 e. The summed E-state index contributed by atoms with van der Waals surface area (Å²) in [5.74, 6) is 1.02. The van der Waals surface area contributed by atoms with Crippen LogP contribution >= 0.6 is 0 Å².